The molecule has 5 nitrogen and oxygen atoms in total. The lowest BCUT2D eigenvalue weighted by Crippen LogP contribution is -2.46. The van der Waals surface area contributed by atoms with Crippen molar-refractivity contribution in [2.24, 2.45) is 0 Å². The molecule has 0 aliphatic carbocycles. The number of hydrogen-bond acceptors (Lipinski definition) is 4. The molecule has 0 atom stereocenters. The molecule has 0 amide bonds. The number of fused-ring (bicyclic) bond motifs is 1. The van der Waals surface area contributed by atoms with E-state index < -0.39 is 31.5 Å². The van der Waals surface area contributed by atoms with Crippen LogP contribution in [0.3, 0.4) is 0 Å². The van der Waals surface area contributed by atoms with Crippen LogP contribution in [0.2, 0.25) is 0 Å². The van der Waals surface area contributed by atoms with E-state index in [4.69, 9.17) is 0 Å². The van der Waals surface area contributed by atoms with Crippen LogP contribution in [0.4, 0.5) is 17.6 Å². The number of aromatic nitrogens is 2. The summed E-state index contributed by atoms with van der Waals surface area (Å²) in [6.07, 6.45) is -3.65. The highest BCUT2D eigenvalue weighted by Gasteiger charge is 2.57. The van der Waals surface area contributed by atoms with Crippen molar-refractivity contribution in [1.82, 2.24) is 9.71 Å². The number of pyridine rings is 1. The first-order valence-electron chi connectivity index (χ1n) is 8.06. The van der Waals surface area contributed by atoms with Crippen molar-refractivity contribution in [3.63, 3.8) is 0 Å². The van der Waals surface area contributed by atoms with Crippen LogP contribution in [0.25, 0.3) is 22.5 Å². The van der Waals surface area contributed by atoms with Gasteiger partial charge in [-0.25, -0.2) is 17.8 Å². The van der Waals surface area contributed by atoms with Gasteiger partial charge in [-0.05, 0) is 56.7 Å². The first-order chi connectivity index (χ1) is 12.8. The minimum Gasteiger partial charge on any atom is -0.427 e. The molecule has 0 aromatic heterocycles. The number of sulfone groups is 1. The maximum atomic E-state index is 14.5. The van der Waals surface area contributed by atoms with Crippen LogP contribution in [0, 0.1) is 12.7 Å². The maximum Gasteiger partial charge on any atom is 0.408 e. The van der Waals surface area contributed by atoms with Gasteiger partial charge in [0.05, 0.1) is 10.6 Å². The van der Waals surface area contributed by atoms with Crippen molar-refractivity contribution in [2.75, 3.05) is 0 Å². The van der Waals surface area contributed by atoms with Gasteiger partial charge in [0.25, 0.3) is 0 Å². The third-order valence-electron chi connectivity index (χ3n) is 4.75. The van der Waals surface area contributed by atoms with E-state index in [0.29, 0.717) is 19.4 Å². The largest absolute Gasteiger partial charge is 0.427 e. The van der Waals surface area contributed by atoms with Crippen LogP contribution in [-0.2, 0) is 9.84 Å². The molecule has 0 bridgehead atoms. The van der Waals surface area contributed by atoms with Crippen LogP contribution in [-0.4, -0.2) is 34.3 Å². The molecule has 0 unspecified atom stereocenters. The number of alkyl halides is 3. The first kappa shape index (κ1) is 20.1. The molecular weight excluding hydrogens is 400 g/mol. The monoisotopic (exact) mass is 416 g/mol. The fourth-order valence-corrected chi connectivity index (χ4v) is 4.18. The van der Waals surface area contributed by atoms with Gasteiger partial charge >= 0.3 is 6.18 Å². The highest BCUT2D eigenvalue weighted by atomic mass is 32.2. The second-order valence-corrected chi connectivity index (χ2v) is 9.35. The first-order valence-corrected chi connectivity index (χ1v) is 9.55. The zero-order valence-electron chi connectivity index (χ0n) is 15.0. The SMILES string of the molecule is Cc1cc(-c2cc(S(=O)(=O)C(C)(C)C(F)(F)F)ccc2F)c2ccnc-2n1O. The van der Waals surface area contributed by atoms with Crippen LogP contribution >= 0.6 is 0 Å². The lowest BCUT2D eigenvalue weighted by molar-refractivity contribution is -0.153. The van der Waals surface area contributed by atoms with Gasteiger partial charge in [0.2, 0.25) is 0 Å². The summed E-state index contributed by atoms with van der Waals surface area (Å²) in [7, 11) is -4.86. The Kier molecular flexibility index (Phi) is 4.45. The summed E-state index contributed by atoms with van der Waals surface area (Å²) in [5.74, 6) is -0.709. The highest BCUT2D eigenvalue weighted by Crippen LogP contribution is 2.42. The molecular formula is C18H16F4N2O3S. The van der Waals surface area contributed by atoms with E-state index in [2.05, 4.69) is 4.98 Å². The summed E-state index contributed by atoms with van der Waals surface area (Å²) in [5, 5.41) is 10.0. The van der Waals surface area contributed by atoms with E-state index >= 15 is 0 Å². The fraction of sp³-hybridized carbons (Fsp3) is 0.278. The van der Waals surface area contributed by atoms with Gasteiger partial charge in [-0.2, -0.15) is 17.9 Å². The number of rotatable bonds is 3. The van der Waals surface area contributed by atoms with Crippen molar-refractivity contribution < 1.29 is 31.2 Å². The summed E-state index contributed by atoms with van der Waals surface area (Å²) in [6.45, 7) is 2.64. The fourth-order valence-electron chi connectivity index (χ4n) is 2.77. The maximum absolute atomic E-state index is 14.5. The molecule has 0 saturated carbocycles. The summed E-state index contributed by atoms with van der Waals surface area (Å²) in [5.41, 5.74) is 0.594. The van der Waals surface area contributed by atoms with E-state index in [0.717, 1.165) is 22.9 Å². The van der Waals surface area contributed by atoms with Crippen LogP contribution in [0.1, 0.15) is 19.5 Å². The van der Waals surface area contributed by atoms with Gasteiger partial charge in [-0.15, -0.1) is 0 Å². The van der Waals surface area contributed by atoms with Crippen LogP contribution < -0.4 is 0 Å². The summed E-state index contributed by atoms with van der Waals surface area (Å²) in [4.78, 5) is 3.31. The third kappa shape index (κ3) is 2.83. The Morgan fingerprint density at radius 2 is 1.68 bits per heavy atom. The van der Waals surface area contributed by atoms with Gasteiger partial charge in [0, 0.05) is 17.3 Å². The molecule has 150 valence electrons. The molecule has 0 fully saturated rings. The third-order valence-corrected chi connectivity index (χ3v) is 7.20. The molecule has 10 heteroatoms. The normalized spacial score (nSPS) is 13.2. The average molecular weight is 416 g/mol. The number of benzene rings is 1. The molecule has 1 aromatic rings. The van der Waals surface area contributed by atoms with Crippen LogP contribution in [0.15, 0.2) is 41.4 Å². The van der Waals surface area contributed by atoms with Crippen LogP contribution in [0.5, 0.6) is 0 Å². The Hall–Kier alpha value is -2.62. The molecule has 2 aliphatic heterocycles. The van der Waals surface area contributed by atoms with E-state index in [1.54, 1.807) is 0 Å². The quantitative estimate of drug-likeness (QED) is 0.389. The van der Waals surface area contributed by atoms with Gasteiger partial charge in [-0.1, -0.05) is 0 Å². The standard InChI is InChI=1S/C18H16F4N2O3S/c1-10-8-13(12-6-7-23-16(12)24(10)25)14-9-11(4-5-15(14)19)28(26,27)17(2,3)18(20,21)22/h4-9,25H,1-3H3. The Morgan fingerprint density at radius 3 is 2.29 bits per heavy atom. The summed E-state index contributed by atoms with van der Waals surface area (Å²) >= 11 is 0. The van der Waals surface area contributed by atoms with Crippen molar-refractivity contribution >= 4 is 9.84 Å². The van der Waals surface area contributed by atoms with E-state index in [-0.39, 0.29) is 22.6 Å². The van der Waals surface area contributed by atoms with Crippen molar-refractivity contribution in [1.29, 1.82) is 0 Å². The lowest BCUT2D eigenvalue weighted by atomic mass is 9.99. The molecule has 0 saturated heterocycles. The number of hydrogen-bond donors (Lipinski definition) is 1. The number of aryl methyl sites for hydroxylation is 1. The predicted octanol–water partition coefficient (Wildman–Crippen LogP) is 4.45. The second kappa shape index (κ2) is 6.20. The van der Waals surface area contributed by atoms with Crippen molar-refractivity contribution in [2.45, 2.75) is 36.6 Å². The van der Waals surface area contributed by atoms with Gasteiger partial charge in [-0.3, -0.25) is 0 Å². The molecule has 3 rings (SSSR count). The minimum atomic E-state index is -5.02. The zero-order chi connectivity index (χ0) is 21.1. The molecule has 0 spiro atoms. The van der Waals surface area contributed by atoms with Crippen molar-refractivity contribution in [3.05, 3.63) is 48.0 Å². The molecule has 28 heavy (non-hydrogen) atoms. The Bertz CT molecular complexity index is 1130. The van der Waals surface area contributed by atoms with E-state index in [1.165, 1.54) is 25.3 Å². The highest BCUT2D eigenvalue weighted by molar-refractivity contribution is 7.92. The number of nitrogens with zero attached hydrogens (tertiary/aromatic N) is 2. The zero-order valence-corrected chi connectivity index (χ0v) is 15.9. The van der Waals surface area contributed by atoms with Gasteiger partial charge < -0.3 is 5.21 Å². The average Bonchev–Trinajstić information content (AvgIpc) is 3.07. The van der Waals surface area contributed by atoms with Crippen molar-refractivity contribution in [3.8, 4) is 22.5 Å². The molecule has 1 N–H and O–H groups in total. The van der Waals surface area contributed by atoms with E-state index in [9.17, 15) is 31.2 Å². The molecule has 1 aromatic carbocycles. The summed E-state index contributed by atoms with van der Waals surface area (Å²) in [6, 6.07) is 5.38. The molecule has 0 radical (unpaired) electrons. The molecule has 2 aliphatic rings. The topological polar surface area (TPSA) is 72.2 Å². The minimum absolute atomic E-state index is 0.110. The molecule has 2 heterocycles. The predicted molar refractivity (Wildman–Crippen MR) is 93.5 cm³/mol. The van der Waals surface area contributed by atoms with Gasteiger partial charge in [0.1, 0.15) is 5.82 Å². The van der Waals surface area contributed by atoms with Gasteiger partial charge in [0.15, 0.2) is 20.4 Å². The second-order valence-electron chi connectivity index (χ2n) is 6.85. The smallest absolute Gasteiger partial charge is 0.408 e. The summed E-state index contributed by atoms with van der Waals surface area (Å²) < 4.78 is 77.4. The Morgan fingerprint density at radius 1 is 1.04 bits per heavy atom. The Labute approximate surface area is 158 Å². The lowest BCUT2D eigenvalue weighted by Gasteiger charge is -2.27. The van der Waals surface area contributed by atoms with E-state index in [1.807, 2.05) is 0 Å². The Balaban J connectivity index is 2.26. The number of halogens is 4.